The minimum absolute atomic E-state index is 0. The summed E-state index contributed by atoms with van der Waals surface area (Å²) in [4.78, 5) is 0. The van der Waals surface area contributed by atoms with E-state index in [0.717, 1.165) is 5.56 Å². The molecule has 0 saturated heterocycles. The SMILES string of the molecule is Br.[CH2-]c1ccccc1.[Cl-].[Mg+2]. The van der Waals surface area contributed by atoms with Crippen LogP contribution < -0.4 is 12.4 Å². The van der Waals surface area contributed by atoms with Gasteiger partial charge in [0.2, 0.25) is 0 Å². The fourth-order valence-electron chi connectivity index (χ4n) is 0.478. The molecular formula is C7H8BrClMg. The molecule has 1 aromatic rings. The first-order valence-corrected chi connectivity index (χ1v) is 2.26. The van der Waals surface area contributed by atoms with Gasteiger partial charge in [0, 0.05) is 0 Å². The molecule has 0 spiro atoms. The van der Waals surface area contributed by atoms with Crippen molar-refractivity contribution >= 4 is 40.0 Å². The van der Waals surface area contributed by atoms with Crippen molar-refractivity contribution in [2.45, 2.75) is 0 Å². The van der Waals surface area contributed by atoms with Gasteiger partial charge in [0.1, 0.15) is 0 Å². The molecule has 0 fully saturated rings. The van der Waals surface area contributed by atoms with Crippen LogP contribution in [0, 0.1) is 6.92 Å². The van der Waals surface area contributed by atoms with E-state index in [-0.39, 0.29) is 52.4 Å². The Balaban J connectivity index is -0.000000163. The van der Waals surface area contributed by atoms with Crippen LogP contribution in [0.4, 0.5) is 0 Å². The van der Waals surface area contributed by atoms with Gasteiger partial charge in [0.05, 0.1) is 0 Å². The van der Waals surface area contributed by atoms with Crippen LogP contribution in [0.25, 0.3) is 0 Å². The van der Waals surface area contributed by atoms with Gasteiger partial charge < -0.3 is 12.4 Å². The monoisotopic (exact) mass is 230 g/mol. The van der Waals surface area contributed by atoms with Gasteiger partial charge in [-0.2, -0.15) is 24.6 Å². The van der Waals surface area contributed by atoms with Gasteiger partial charge in [-0.3, -0.25) is 0 Å². The zero-order chi connectivity index (χ0) is 5.11. The summed E-state index contributed by atoms with van der Waals surface area (Å²) in [6.07, 6.45) is 0. The van der Waals surface area contributed by atoms with E-state index < -0.39 is 0 Å². The van der Waals surface area contributed by atoms with Crippen molar-refractivity contribution in [3.05, 3.63) is 42.8 Å². The van der Waals surface area contributed by atoms with Gasteiger partial charge in [-0.05, 0) is 0 Å². The van der Waals surface area contributed by atoms with E-state index in [4.69, 9.17) is 0 Å². The molecule has 0 atom stereocenters. The maximum atomic E-state index is 3.72. The second-order valence-corrected chi connectivity index (χ2v) is 1.49. The quantitative estimate of drug-likeness (QED) is 0.400. The van der Waals surface area contributed by atoms with Crippen molar-refractivity contribution < 1.29 is 12.4 Å². The van der Waals surface area contributed by atoms with Crippen molar-refractivity contribution in [1.29, 1.82) is 0 Å². The third-order valence-electron chi connectivity index (χ3n) is 0.843. The van der Waals surface area contributed by atoms with Gasteiger partial charge in [-0.25, -0.2) is 0 Å². The number of rotatable bonds is 0. The molecule has 0 aliphatic carbocycles. The number of hydrogen-bond donors (Lipinski definition) is 0. The van der Waals surface area contributed by atoms with Gasteiger partial charge in [-0.15, -0.1) is 29.1 Å². The summed E-state index contributed by atoms with van der Waals surface area (Å²) >= 11 is 0. The molecule has 1 rings (SSSR count). The molecule has 0 radical (unpaired) electrons. The zero-order valence-corrected chi connectivity index (χ0v) is 9.47. The average Bonchev–Trinajstić information content (AvgIpc) is 1.69. The molecule has 3 heteroatoms. The number of halogens is 2. The summed E-state index contributed by atoms with van der Waals surface area (Å²) in [5.74, 6) is 0. The van der Waals surface area contributed by atoms with Crippen LogP contribution >= 0.6 is 17.0 Å². The van der Waals surface area contributed by atoms with E-state index >= 15 is 0 Å². The molecule has 52 valence electrons. The molecule has 0 heterocycles. The molecule has 0 N–H and O–H groups in total. The van der Waals surface area contributed by atoms with Gasteiger partial charge in [0.25, 0.3) is 0 Å². The van der Waals surface area contributed by atoms with Gasteiger partial charge >= 0.3 is 23.1 Å². The Bertz CT molecular complexity index is 144. The van der Waals surface area contributed by atoms with Gasteiger partial charge in [0.15, 0.2) is 0 Å². The molecule has 0 aliphatic heterocycles. The summed E-state index contributed by atoms with van der Waals surface area (Å²) in [7, 11) is 0. The molecule has 0 aliphatic rings. The topological polar surface area (TPSA) is 0 Å². The van der Waals surface area contributed by atoms with Crippen LogP contribution in [0.5, 0.6) is 0 Å². The van der Waals surface area contributed by atoms with E-state index in [2.05, 4.69) is 6.92 Å². The standard InChI is InChI=1S/C7H7.BrH.ClH.Mg/c1-7-5-3-2-4-6-7;;;/h2-6H,1H2;2*1H;/q-1;;;+2/p-1. The Morgan fingerprint density at radius 1 is 1.00 bits per heavy atom. The molecule has 0 saturated carbocycles. The number of benzene rings is 1. The van der Waals surface area contributed by atoms with E-state index in [0.29, 0.717) is 0 Å². The smallest absolute Gasteiger partial charge is 1.00 e. The third-order valence-corrected chi connectivity index (χ3v) is 0.843. The molecule has 0 nitrogen and oxygen atoms in total. The first kappa shape index (κ1) is 16.9. The molecule has 10 heavy (non-hydrogen) atoms. The zero-order valence-electron chi connectivity index (χ0n) is 5.59. The van der Waals surface area contributed by atoms with Crippen molar-refractivity contribution in [3.63, 3.8) is 0 Å². The molecule has 1 aromatic carbocycles. The summed E-state index contributed by atoms with van der Waals surface area (Å²) in [5.41, 5.74) is 1.07. The van der Waals surface area contributed by atoms with E-state index in [9.17, 15) is 0 Å². The summed E-state index contributed by atoms with van der Waals surface area (Å²) in [6.45, 7) is 3.72. The maximum absolute atomic E-state index is 3.72. The fraction of sp³-hybridized carbons (Fsp3) is 0. The van der Waals surface area contributed by atoms with Crippen LogP contribution in [0.3, 0.4) is 0 Å². The Labute approximate surface area is 94.7 Å². The van der Waals surface area contributed by atoms with Crippen LogP contribution in [0.1, 0.15) is 5.56 Å². The van der Waals surface area contributed by atoms with Crippen LogP contribution in [-0.4, -0.2) is 23.1 Å². The normalized spacial score (nSPS) is 6.00. The third kappa shape index (κ3) is 6.74. The van der Waals surface area contributed by atoms with E-state index in [1.165, 1.54) is 0 Å². The molecule has 0 bridgehead atoms. The predicted octanol–water partition coefficient (Wildman–Crippen LogP) is -0.930. The first-order chi connectivity index (χ1) is 3.39. The van der Waals surface area contributed by atoms with E-state index in [1.807, 2.05) is 30.3 Å². The first-order valence-electron chi connectivity index (χ1n) is 2.26. The second-order valence-electron chi connectivity index (χ2n) is 1.49. The Morgan fingerprint density at radius 3 is 1.60 bits per heavy atom. The molecule has 0 amide bonds. The van der Waals surface area contributed by atoms with Crippen LogP contribution in [-0.2, 0) is 0 Å². The van der Waals surface area contributed by atoms with Crippen molar-refractivity contribution in [2.75, 3.05) is 0 Å². The van der Waals surface area contributed by atoms with Crippen molar-refractivity contribution in [1.82, 2.24) is 0 Å². The maximum Gasteiger partial charge on any atom is 2.00 e. The summed E-state index contributed by atoms with van der Waals surface area (Å²) in [5, 5.41) is 0. The van der Waals surface area contributed by atoms with Crippen LogP contribution in [0.2, 0.25) is 0 Å². The Morgan fingerprint density at radius 2 is 1.40 bits per heavy atom. The average molecular weight is 232 g/mol. The molecular weight excluding hydrogens is 224 g/mol. The second kappa shape index (κ2) is 9.63. The minimum Gasteiger partial charge on any atom is -1.00 e. The predicted molar refractivity (Wildman–Crippen MR) is 47.0 cm³/mol. The molecule has 0 aromatic heterocycles. The van der Waals surface area contributed by atoms with Crippen LogP contribution in [0.15, 0.2) is 30.3 Å². The van der Waals surface area contributed by atoms with Gasteiger partial charge in [-0.1, -0.05) is 6.07 Å². The van der Waals surface area contributed by atoms with Crippen molar-refractivity contribution in [3.8, 4) is 0 Å². The Hall–Kier alpha value is 0.626. The Kier molecular flexibility index (Phi) is 16.3. The summed E-state index contributed by atoms with van der Waals surface area (Å²) < 4.78 is 0. The van der Waals surface area contributed by atoms with E-state index in [1.54, 1.807) is 0 Å². The fourth-order valence-corrected chi connectivity index (χ4v) is 0.478. The minimum atomic E-state index is 0. The number of hydrogen-bond acceptors (Lipinski definition) is 0. The molecule has 0 unspecified atom stereocenters. The summed E-state index contributed by atoms with van der Waals surface area (Å²) in [6, 6.07) is 9.87. The van der Waals surface area contributed by atoms with Crippen molar-refractivity contribution in [2.24, 2.45) is 0 Å². The largest absolute Gasteiger partial charge is 2.00 e.